The zero-order chi connectivity index (χ0) is 18.1. The first-order valence-electron chi connectivity index (χ1n) is 8.12. The van der Waals surface area contributed by atoms with E-state index in [2.05, 4.69) is 4.98 Å². The van der Waals surface area contributed by atoms with Crippen LogP contribution in [0.3, 0.4) is 0 Å². The van der Waals surface area contributed by atoms with Crippen LogP contribution in [0.2, 0.25) is 0 Å². The number of carbonyl (C=O) groups is 1. The molecular formula is C20H20N2O2S. The third-order valence-corrected chi connectivity index (χ3v) is 5.40. The van der Waals surface area contributed by atoms with Gasteiger partial charge in [0.25, 0.3) is 5.56 Å². The predicted octanol–water partition coefficient (Wildman–Crippen LogP) is 3.91. The van der Waals surface area contributed by atoms with Crippen LogP contribution in [0, 0.1) is 13.8 Å². The number of Topliss-reactive ketones (excluding diaryl/α,β-unsaturated/α-hetero) is 1. The molecule has 0 amide bonds. The summed E-state index contributed by atoms with van der Waals surface area (Å²) in [6, 6.07) is 13.1. The van der Waals surface area contributed by atoms with Gasteiger partial charge in [-0.25, -0.2) is 4.98 Å². The zero-order valence-corrected chi connectivity index (χ0v) is 15.6. The molecule has 0 aliphatic carbocycles. The summed E-state index contributed by atoms with van der Waals surface area (Å²) >= 11 is 1.32. The third-order valence-electron chi connectivity index (χ3n) is 4.25. The molecule has 3 rings (SSSR count). The van der Waals surface area contributed by atoms with E-state index in [1.807, 2.05) is 57.2 Å². The molecule has 3 aromatic rings. The Morgan fingerprint density at radius 2 is 1.88 bits per heavy atom. The maximum Gasteiger partial charge on any atom is 0.261 e. The van der Waals surface area contributed by atoms with E-state index in [-0.39, 0.29) is 16.6 Å². The molecule has 25 heavy (non-hydrogen) atoms. The van der Waals surface area contributed by atoms with Gasteiger partial charge in [0.1, 0.15) is 0 Å². The molecule has 5 heteroatoms. The van der Waals surface area contributed by atoms with E-state index in [1.54, 1.807) is 13.1 Å². The topological polar surface area (TPSA) is 52.0 Å². The van der Waals surface area contributed by atoms with Gasteiger partial charge in [0.2, 0.25) is 0 Å². The molecule has 1 atom stereocenters. The van der Waals surface area contributed by atoms with Crippen LogP contribution in [0.1, 0.15) is 28.4 Å². The van der Waals surface area contributed by atoms with Crippen molar-refractivity contribution in [2.24, 2.45) is 7.05 Å². The first-order chi connectivity index (χ1) is 11.9. The average Bonchev–Trinajstić information content (AvgIpc) is 2.60. The molecule has 0 radical (unpaired) electrons. The molecule has 2 aromatic carbocycles. The Hall–Kier alpha value is -2.40. The summed E-state index contributed by atoms with van der Waals surface area (Å²) in [4.78, 5) is 29.9. The van der Waals surface area contributed by atoms with Crippen LogP contribution >= 0.6 is 11.8 Å². The molecule has 0 spiro atoms. The van der Waals surface area contributed by atoms with E-state index in [0.29, 0.717) is 16.1 Å². The number of hydrogen-bond acceptors (Lipinski definition) is 4. The summed E-state index contributed by atoms with van der Waals surface area (Å²) in [5.41, 5.74) is 3.30. The van der Waals surface area contributed by atoms with E-state index >= 15 is 0 Å². The summed E-state index contributed by atoms with van der Waals surface area (Å²) in [5, 5.41) is 0.803. The van der Waals surface area contributed by atoms with Gasteiger partial charge in [0, 0.05) is 12.6 Å². The van der Waals surface area contributed by atoms with Gasteiger partial charge in [0.15, 0.2) is 10.9 Å². The van der Waals surface area contributed by atoms with Crippen molar-refractivity contribution in [2.75, 3.05) is 0 Å². The van der Waals surface area contributed by atoms with E-state index in [9.17, 15) is 9.59 Å². The largest absolute Gasteiger partial charge is 0.293 e. The number of carbonyl (C=O) groups excluding carboxylic acids is 1. The minimum Gasteiger partial charge on any atom is -0.293 e. The first kappa shape index (κ1) is 17.4. The van der Waals surface area contributed by atoms with Crippen molar-refractivity contribution < 1.29 is 4.79 Å². The van der Waals surface area contributed by atoms with Crippen LogP contribution in [-0.2, 0) is 7.05 Å². The van der Waals surface area contributed by atoms with Crippen molar-refractivity contribution in [3.63, 3.8) is 0 Å². The minimum absolute atomic E-state index is 0.0496. The van der Waals surface area contributed by atoms with E-state index in [4.69, 9.17) is 0 Å². The number of ketones is 1. The maximum atomic E-state index is 12.8. The monoisotopic (exact) mass is 352 g/mol. The number of aromatic nitrogens is 2. The van der Waals surface area contributed by atoms with Gasteiger partial charge < -0.3 is 0 Å². The number of benzene rings is 2. The average molecular weight is 352 g/mol. The summed E-state index contributed by atoms with van der Waals surface area (Å²) in [7, 11) is 1.69. The Morgan fingerprint density at radius 1 is 1.16 bits per heavy atom. The van der Waals surface area contributed by atoms with Crippen LogP contribution in [-0.4, -0.2) is 20.6 Å². The SMILES string of the molecule is Cc1ccc(C)c(C(=O)C(C)Sc2nc3ccccc3c(=O)n2C)c1. The molecule has 128 valence electrons. The van der Waals surface area contributed by atoms with Crippen LogP contribution < -0.4 is 5.56 Å². The minimum atomic E-state index is -0.334. The molecule has 0 aliphatic rings. The number of hydrogen-bond donors (Lipinski definition) is 0. The van der Waals surface area contributed by atoms with E-state index in [1.165, 1.54) is 16.3 Å². The van der Waals surface area contributed by atoms with Gasteiger partial charge in [-0.3, -0.25) is 14.2 Å². The highest BCUT2D eigenvalue weighted by atomic mass is 32.2. The lowest BCUT2D eigenvalue weighted by atomic mass is 10.0. The van der Waals surface area contributed by atoms with Gasteiger partial charge in [-0.05, 0) is 44.5 Å². The quantitative estimate of drug-likeness (QED) is 0.406. The van der Waals surface area contributed by atoms with Crippen molar-refractivity contribution >= 4 is 28.4 Å². The Bertz CT molecular complexity index is 1020. The molecule has 0 saturated heterocycles. The first-order valence-corrected chi connectivity index (χ1v) is 9.00. The van der Waals surface area contributed by atoms with Crippen molar-refractivity contribution in [3.8, 4) is 0 Å². The third kappa shape index (κ3) is 3.37. The van der Waals surface area contributed by atoms with Crippen molar-refractivity contribution in [3.05, 3.63) is 69.5 Å². The van der Waals surface area contributed by atoms with Crippen molar-refractivity contribution in [2.45, 2.75) is 31.2 Å². The molecule has 0 N–H and O–H groups in total. The Kier molecular flexibility index (Phi) is 4.77. The molecule has 0 bridgehead atoms. The molecule has 0 aliphatic heterocycles. The van der Waals surface area contributed by atoms with E-state index in [0.717, 1.165) is 16.7 Å². The fourth-order valence-corrected chi connectivity index (χ4v) is 3.68. The smallest absolute Gasteiger partial charge is 0.261 e. The van der Waals surface area contributed by atoms with Crippen LogP contribution in [0.25, 0.3) is 10.9 Å². The van der Waals surface area contributed by atoms with Gasteiger partial charge in [-0.1, -0.05) is 41.6 Å². The summed E-state index contributed by atoms with van der Waals surface area (Å²) < 4.78 is 1.51. The molecule has 4 nitrogen and oxygen atoms in total. The number of aryl methyl sites for hydroxylation is 2. The fourth-order valence-electron chi connectivity index (χ4n) is 2.73. The Balaban J connectivity index is 1.95. The molecule has 1 unspecified atom stereocenters. The molecule has 0 fully saturated rings. The van der Waals surface area contributed by atoms with Crippen LogP contribution in [0.4, 0.5) is 0 Å². The lowest BCUT2D eigenvalue weighted by Gasteiger charge is -2.14. The second-order valence-corrected chi connectivity index (χ2v) is 7.53. The zero-order valence-electron chi connectivity index (χ0n) is 14.7. The molecule has 0 saturated carbocycles. The second kappa shape index (κ2) is 6.84. The van der Waals surface area contributed by atoms with Crippen LogP contribution in [0.15, 0.2) is 52.4 Å². The molecule has 1 heterocycles. The Labute approximate surface area is 150 Å². The Morgan fingerprint density at radius 3 is 2.64 bits per heavy atom. The van der Waals surface area contributed by atoms with E-state index < -0.39 is 0 Å². The lowest BCUT2D eigenvalue weighted by molar-refractivity contribution is 0.0993. The van der Waals surface area contributed by atoms with Gasteiger partial charge in [-0.15, -0.1) is 0 Å². The number of nitrogens with zero attached hydrogens (tertiary/aromatic N) is 2. The number of para-hydroxylation sites is 1. The normalized spacial score (nSPS) is 12.3. The summed E-state index contributed by atoms with van der Waals surface area (Å²) in [6.07, 6.45) is 0. The summed E-state index contributed by atoms with van der Waals surface area (Å²) in [5.74, 6) is 0.0496. The molecule has 1 aromatic heterocycles. The van der Waals surface area contributed by atoms with Gasteiger partial charge in [0.05, 0.1) is 16.2 Å². The lowest BCUT2D eigenvalue weighted by Crippen LogP contribution is -2.22. The second-order valence-electron chi connectivity index (χ2n) is 6.22. The number of fused-ring (bicyclic) bond motifs is 1. The van der Waals surface area contributed by atoms with Gasteiger partial charge in [-0.2, -0.15) is 0 Å². The standard InChI is InChI=1S/C20H20N2O2S/c1-12-9-10-13(2)16(11-12)18(23)14(3)25-20-21-17-8-6-5-7-15(17)19(24)22(20)4/h5-11,14H,1-4H3. The van der Waals surface area contributed by atoms with Crippen molar-refractivity contribution in [1.29, 1.82) is 0 Å². The number of thioether (sulfide) groups is 1. The van der Waals surface area contributed by atoms with Crippen LogP contribution in [0.5, 0.6) is 0 Å². The van der Waals surface area contributed by atoms with Gasteiger partial charge >= 0.3 is 0 Å². The maximum absolute atomic E-state index is 12.8. The predicted molar refractivity (Wildman–Crippen MR) is 103 cm³/mol. The fraction of sp³-hybridized carbons (Fsp3) is 0.250. The van der Waals surface area contributed by atoms with Crippen molar-refractivity contribution in [1.82, 2.24) is 9.55 Å². The highest BCUT2D eigenvalue weighted by Crippen LogP contribution is 2.25. The molecular weight excluding hydrogens is 332 g/mol. The number of rotatable bonds is 4. The highest BCUT2D eigenvalue weighted by molar-refractivity contribution is 8.00. The summed E-state index contributed by atoms with van der Waals surface area (Å²) in [6.45, 7) is 5.77. The highest BCUT2D eigenvalue weighted by Gasteiger charge is 2.21.